The molecule has 0 atom stereocenters. The number of nitrogens with zero attached hydrogens (tertiary/aromatic N) is 5. The highest BCUT2D eigenvalue weighted by Gasteiger charge is 2.31. The maximum Gasteiger partial charge on any atom is 0.417 e. The minimum absolute atomic E-state index is 0.119. The molecular weight excluding hydrogens is 295 g/mol. The Morgan fingerprint density at radius 3 is 2.73 bits per heavy atom. The standard InChI is InChI=1S/C14H8F3N5/c1-22-12(10-2-3-19-6-8(10)5-18)21-11-4-9(14(15,16)17)7-20-13(11)22/h2-4,6-7H,1H3. The molecule has 110 valence electrons. The second-order valence-corrected chi connectivity index (χ2v) is 4.59. The predicted molar refractivity (Wildman–Crippen MR) is 71.5 cm³/mol. The lowest BCUT2D eigenvalue weighted by Crippen LogP contribution is -2.05. The highest BCUT2D eigenvalue weighted by Crippen LogP contribution is 2.31. The van der Waals surface area contributed by atoms with Crippen LogP contribution in [0.15, 0.2) is 30.7 Å². The molecule has 0 amide bonds. The monoisotopic (exact) mass is 303 g/mol. The second kappa shape index (κ2) is 4.80. The molecule has 0 aliphatic heterocycles. The van der Waals surface area contributed by atoms with Gasteiger partial charge in [-0.15, -0.1) is 0 Å². The fourth-order valence-corrected chi connectivity index (χ4v) is 2.15. The molecule has 5 nitrogen and oxygen atoms in total. The summed E-state index contributed by atoms with van der Waals surface area (Å²) < 4.78 is 39.8. The van der Waals surface area contributed by atoms with Crippen LogP contribution in [0, 0.1) is 11.3 Å². The highest BCUT2D eigenvalue weighted by atomic mass is 19.4. The SMILES string of the molecule is Cn1c(-c2ccncc2C#N)nc2cc(C(F)(F)F)cnc21. The Labute approximate surface area is 122 Å². The maximum absolute atomic E-state index is 12.7. The summed E-state index contributed by atoms with van der Waals surface area (Å²) in [6.07, 6.45) is -0.841. The van der Waals surface area contributed by atoms with Crippen LogP contribution in [-0.4, -0.2) is 19.5 Å². The number of fused-ring (bicyclic) bond motifs is 1. The van der Waals surface area contributed by atoms with Crippen molar-refractivity contribution in [3.8, 4) is 17.5 Å². The van der Waals surface area contributed by atoms with Crippen molar-refractivity contribution < 1.29 is 13.2 Å². The van der Waals surface area contributed by atoms with Crippen LogP contribution in [0.25, 0.3) is 22.6 Å². The highest BCUT2D eigenvalue weighted by molar-refractivity contribution is 5.79. The van der Waals surface area contributed by atoms with Gasteiger partial charge in [0.25, 0.3) is 0 Å². The number of imidazole rings is 1. The molecule has 0 radical (unpaired) electrons. The van der Waals surface area contributed by atoms with E-state index in [0.717, 1.165) is 12.3 Å². The Hall–Kier alpha value is -2.95. The van der Waals surface area contributed by atoms with E-state index in [2.05, 4.69) is 15.0 Å². The zero-order valence-electron chi connectivity index (χ0n) is 11.3. The summed E-state index contributed by atoms with van der Waals surface area (Å²) in [6, 6.07) is 4.52. The molecule has 0 unspecified atom stereocenters. The third-order valence-corrected chi connectivity index (χ3v) is 3.22. The van der Waals surface area contributed by atoms with Gasteiger partial charge in [-0.1, -0.05) is 0 Å². The van der Waals surface area contributed by atoms with E-state index in [1.54, 1.807) is 17.7 Å². The van der Waals surface area contributed by atoms with Crippen molar-refractivity contribution in [2.24, 2.45) is 7.05 Å². The molecule has 0 aliphatic carbocycles. The van der Waals surface area contributed by atoms with Gasteiger partial charge in [0.2, 0.25) is 0 Å². The average molecular weight is 303 g/mol. The minimum Gasteiger partial charge on any atom is -0.312 e. The predicted octanol–water partition coefficient (Wildman–Crippen LogP) is 2.92. The van der Waals surface area contributed by atoms with Gasteiger partial charge in [-0.05, 0) is 12.1 Å². The molecule has 0 N–H and O–H groups in total. The molecule has 3 heterocycles. The minimum atomic E-state index is -4.48. The molecule has 0 fully saturated rings. The summed E-state index contributed by atoms with van der Waals surface area (Å²) >= 11 is 0. The third kappa shape index (κ3) is 2.16. The molecule has 0 spiro atoms. The largest absolute Gasteiger partial charge is 0.417 e. The molecule has 3 aromatic heterocycles. The van der Waals surface area contributed by atoms with Crippen LogP contribution in [0.3, 0.4) is 0 Å². The molecule has 8 heteroatoms. The van der Waals surface area contributed by atoms with Gasteiger partial charge in [0.1, 0.15) is 17.4 Å². The van der Waals surface area contributed by atoms with Crippen LogP contribution in [0.1, 0.15) is 11.1 Å². The van der Waals surface area contributed by atoms with Gasteiger partial charge in [-0.3, -0.25) is 4.98 Å². The number of hydrogen-bond donors (Lipinski definition) is 0. The molecule has 0 saturated heterocycles. The first-order valence-corrected chi connectivity index (χ1v) is 6.16. The molecule has 22 heavy (non-hydrogen) atoms. The van der Waals surface area contributed by atoms with E-state index in [4.69, 9.17) is 5.26 Å². The van der Waals surface area contributed by atoms with Crippen molar-refractivity contribution in [3.05, 3.63) is 41.9 Å². The summed E-state index contributed by atoms with van der Waals surface area (Å²) in [5.41, 5.74) is 0.347. The maximum atomic E-state index is 12.7. The second-order valence-electron chi connectivity index (χ2n) is 4.59. The lowest BCUT2D eigenvalue weighted by atomic mass is 10.1. The first-order valence-electron chi connectivity index (χ1n) is 6.16. The van der Waals surface area contributed by atoms with Crippen molar-refractivity contribution in [1.82, 2.24) is 19.5 Å². The smallest absolute Gasteiger partial charge is 0.312 e. The van der Waals surface area contributed by atoms with Gasteiger partial charge in [-0.25, -0.2) is 9.97 Å². The number of halogens is 3. The van der Waals surface area contributed by atoms with Gasteiger partial charge < -0.3 is 4.57 Å². The van der Waals surface area contributed by atoms with E-state index in [1.165, 1.54) is 12.4 Å². The first kappa shape index (κ1) is 14.0. The summed E-state index contributed by atoms with van der Waals surface area (Å²) in [7, 11) is 1.63. The van der Waals surface area contributed by atoms with Crippen molar-refractivity contribution in [2.75, 3.05) is 0 Å². The molecule has 0 aliphatic rings. The molecule has 0 saturated carbocycles. The topological polar surface area (TPSA) is 67.4 Å². The van der Waals surface area contributed by atoms with Gasteiger partial charge in [0, 0.05) is 31.2 Å². The number of hydrogen-bond acceptors (Lipinski definition) is 4. The third-order valence-electron chi connectivity index (χ3n) is 3.22. The summed E-state index contributed by atoms with van der Waals surface area (Å²) in [6.45, 7) is 0. The van der Waals surface area contributed by atoms with Crippen molar-refractivity contribution in [1.29, 1.82) is 5.26 Å². The van der Waals surface area contributed by atoms with Crippen LogP contribution in [0.4, 0.5) is 13.2 Å². The van der Waals surface area contributed by atoms with E-state index in [9.17, 15) is 13.2 Å². The average Bonchev–Trinajstić information content (AvgIpc) is 2.83. The zero-order valence-corrected chi connectivity index (χ0v) is 11.3. The van der Waals surface area contributed by atoms with Crippen LogP contribution < -0.4 is 0 Å². The normalized spacial score (nSPS) is 11.6. The van der Waals surface area contributed by atoms with Crippen molar-refractivity contribution in [3.63, 3.8) is 0 Å². The van der Waals surface area contributed by atoms with Crippen molar-refractivity contribution >= 4 is 11.2 Å². The Bertz CT molecular complexity index is 905. The first-order chi connectivity index (χ1) is 10.4. The number of aromatic nitrogens is 4. The molecule has 0 bridgehead atoms. The lowest BCUT2D eigenvalue weighted by Gasteiger charge is -2.05. The van der Waals surface area contributed by atoms with Crippen LogP contribution in [0.2, 0.25) is 0 Å². The summed E-state index contributed by atoms with van der Waals surface area (Å²) in [4.78, 5) is 11.9. The van der Waals surface area contributed by atoms with E-state index in [0.29, 0.717) is 17.0 Å². The van der Waals surface area contributed by atoms with Gasteiger partial charge in [0.15, 0.2) is 5.65 Å². The number of rotatable bonds is 1. The Morgan fingerprint density at radius 1 is 1.27 bits per heavy atom. The van der Waals surface area contributed by atoms with Gasteiger partial charge in [0.05, 0.1) is 11.1 Å². The fourth-order valence-electron chi connectivity index (χ4n) is 2.15. The number of nitriles is 1. The van der Waals surface area contributed by atoms with E-state index >= 15 is 0 Å². The lowest BCUT2D eigenvalue weighted by molar-refractivity contribution is -0.137. The molecule has 0 aromatic carbocycles. The number of aryl methyl sites for hydroxylation is 1. The quantitative estimate of drug-likeness (QED) is 0.693. The van der Waals surface area contributed by atoms with Crippen LogP contribution in [0.5, 0.6) is 0 Å². The van der Waals surface area contributed by atoms with E-state index in [1.807, 2.05) is 6.07 Å². The Morgan fingerprint density at radius 2 is 2.05 bits per heavy atom. The van der Waals surface area contributed by atoms with Gasteiger partial charge >= 0.3 is 6.18 Å². The molecule has 3 rings (SSSR count). The van der Waals surface area contributed by atoms with Crippen LogP contribution in [-0.2, 0) is 13.2 Å². The fraction of sp³-hybridized carbons (Fsp3) is 0.143. The molecule has 3 aromatic rings. The number of alkyl halides is 3. The zero-order chi connectivity index (χ0) is 15.9. The summed E-state index contributed by atoms with van der Waals surface area (Å²) in [5, 5.41) is 9.10. The van der Waals surface area contributed by atoms with E-state index in [-0.39, 0.29) is 11.1 Å². The Kier molecular flexibility index (Phi) is 3.06. The molecular formula is C14H8F3N5. The summed E-state index contributed by atoms with van der Waals surface area (Å²) in [5.74, 6) is 0.362. The van der Waals surface area contributed by atoms with Crippen LogP contribution >= 0.6 is 0 Å². The van der Waals surface area contributed by atoms with Gasteiger partial charge in [-0.2, -0.15) is 18.4 Å². The Balaban J connectivity index is 2.25. The van der Waals surface area contributed by atoms with Crippen molar-refractivity contribution in [2.45, 2.75) is 6.18 Å². The number of pyridine rings is 2. The van der Waals surface area contributed by atoms with E-state index < -0.39 is 11.7 Å².